The van der Waals surface area contributed by atoms with Gasteiger partial charge in [0.05, 0.1) is 6.26 Å². The van der Waals surface area contributed by atoms with E-state index in [0.29, 0.717) is 12.2 Å². The first-order valence-electron chi connectivity index (χ1n) is 9.51. The average molecular weight is 413 g/mol. The molecule has 2 heterocycles. The molecule has 0 unspecified atom stereocenters. The van der Waals surface area contributed by atoms with Gasteiger partial charge in [0.2, 0.25) is 11.8 Å². The molecule has 1 saturated heterocycles. The van der Waals surface area contributed by atoms with Crippen LogP contribution in [0.15, 0.2) is 53.2 Å². The highest BCUT2D eigenvalue weighted by Gasteiger charge is 2.20. The van der Waals surface area contributed by atoms with Gasteiger partial charge in [0.25, 0.3) is 0 Å². The van der Waals surface area contributed by atoms with Crippen LogP contribution in [0, 0.1) is 0 Å². The zero-order valence-electron chi connectivity index (χ0n) is 16.3. The molecule has 2 N–H and O–H groups in total. The number of carbonyl (C=O) groups excluding carboxylic acids is 2. The molecule has 1 aromatic carbocycles. The molecule has 1 aromatic heterocycles. The number of furan rings is 1. The lowest BCUT2D eigenvalue weighted by Gasteiger charge is -2.36. The summed E-state index contributed by atoms with van der Waals surface area (Å²) in [5.74, 6) is 0.461. The van der Waals surface area contributed by atoms with Crippen LogP contribution in [0.25, 0.3) is 6.08 Å². The first-order chi connectivity index (χ1) is 14.0. The number of hydrogen-bond donors (Lipinski definition) is 2. The van der Waals surface area contributed by atoms with E-state index in [2.05, 4.69) is 15.5 Å². The largest absolute Gasteiger partial charge is 0.465 e. The summed E-state index contributed by atoms with van der Waals surface area (Å²) in [5.41, 5.74) is 1.88. The van der Waals surface area contributed by atoms with Crippen molar-refractivity contribution in [3.63, 3.8) is 0 Å². The van der Waals surface area contributed by atoms with Crippen LogP contribution in [0.1, 0.15) is 19.1 Å². The number of rotatable bonds is 5. The van der Waals surface area contributed by atoms with Crippen molar-refractivity contribution in [2.45, 2.75) is 13.3 Å². The van der Waals surface area contributed by atoms with Crippen molar-refractivity contribution < 1.29 is 14.0 Å². The smallest absolute Gasteiger partial charge is 0.250 e. The lowest BCUT2D eigenvalue weighted by molar-refractivity contribution is -0.131. The average Bonchev–Trinajstić information content (AvgIpc) is 3.26. The van der Waals surface area contributed by atoms with Crippen LogP contribution < -0.4 is 15.5 Å². The van der Waals surface area contributed by atoms with Crippen LogP contribution >= 0.6 is 12.2 Å². The summed E-state index contributed by atoms with van der Waals surface area (Å²) < 4.78 is 5.13. The van der Waals surface area contributed by atoms with Gasteiger partial charge in [-0.3, -0.25) is 14.9 Å². The molecule has 0 bridgehead atoms. The van der Waals surface area contributed by atoms with Gasteiger partial charge >= 0.3 is 0 Å². The van der Waals surface area contributed by atoms with E-state index in [0.717, 1.165) is 37.6 Å². The quantitative estimate of drug-likeness (QED) is 0.581. The molecule has 1 fully saturated rings. The second kappa shape index (κ2) is 9.88. The Morgan fingerprint density at radius 3 is 2.48 bits per heavy atom. The van der Waals surface area contributed by atoms with Crippen LogP contribution in [-0.2, 0) is 9.59 Å². The fraction of sp³-hybridized carbons (Fsp3) is 0.286. The first-order valence-corrected chi connectivity index (χ1v) is 9.92. The minimum atomic E-state index is -0.338. The molecular weight excluding hydrogens is 388 g/mol. The van der Waals surface area contributed by atoms with Crippen molar-refractivity contribution in [2.24, 2.45) is 0 Å². The Morgan fingerprint density at radius 1 is 1.14 bits per heavy atom. The molecule has 0 aliphatic carbocycles. The molecule has 7 nitrogen and oxygen atoms in total. The molecule has 2 aromatic rings. The summed E-state index contributed by atoms with van der Waals surface area (Å²) >= 11 is 5.19. The van der Waals surface area contributed by atoms with E-state index in [1.54, 1.807) is 18.2 Å². The topological polar surface area (TPSA) is 77.8 Å². The molecule has 0 saturated carbocycles. The maximum atomic E-state index is 11.9. The van der Waals surface area contributed by atoms with Gasteiger partial charge in [-0.15, -0.1) is 0 Å². The lowest BCUT2D eigenvalue weighted by atomic mass is 10.2. The zero-order valence-corrected chi connectivity index (χ0v) is 17.1. The van der Waals surface area contributed by atoms with Crippen molar-refractivity contribution in [1.29, 1.82) is 0 Å². The third-order valence-corrected chi connectivity index (χ3v) is 4.81. The fourth-order valence-corrected chi connectivity index (χ4v) is 3.27. The van der Waals surface area contributed by atoms with Crippen molar-refractivity contribution >= 4 is 46.6 Å². The Labute approximate surface area is 175 Å². The molecule has 1 aliphatic rings. The molecule has 29 heavy (non-hydrogen) atoms. The fourth-order valence-electron chi connectivity index (χ4n) is 3.05. The highest BCUT2D eigenvalue weighted by molar-refractivity contribution is 7.80. The monoisotopic (exact) mass is 412 g/mol. The summed E-state index contributed by atoms with van der Waals surface area (Å²) in [7, 11) is 0. The maximum absolute atomic E-state index is 11.9. The zero-order chi connectivity index (χ0) is 20.6. The molecule has 1 aliphatic heterocycles. The molecule has 2 amide bonds. The number of anilines is 2. The highest BCUT2D eigenvalue weighted by Crippen LogP contribution is 2.19. The second-order valence-corrected chi connectivity index (χ2v) is 6.97. The highest BCUT2D eigenvalue weighted by atomic mass is 32.1. The van der Waals surface area contributed by atoms with E-state index < -0.39 is 0 Å². The number of piperazine rings is 1. The van der Waals surface area contributed by atoms with E-state index in [9.17, 15) is 9.59 Å². The Bertz CT molecular complexity index is 870. The van der Waals surface area contributed by atoms with Gasteiger partial charge in [-0.05, 0) is 54.7 Å². The molecular formula is C21H24N4O3S. The normalized spacial score (nSPS) is 14.1. The number of thiocarbonyl (C=S) groups is 1. The molecule has 0 spiro atoms. The number of carbonyl (C=O) groups is 2. The number of nitrogens with zero attached hydrogens (tertiary/aromatic N) is 2. The Balaban J connectivity index is 1.47. The standard InChI is InChI=1S/C21H24N4O3S/c1-2-20(27)25-13-11-24(12-14-25)17-7-5-16(6-8-17)22-21(29)23-19(26)10-9-18-4-3-15-28-18/h3-10,15H,2,11-14H2,1H3,(H2,22,23,26,29)/b10-9+. The lowest BCUT2D eigenvalue weighted by Crippen LogP contribution is -2.48. The van der Waals surface area contributed by atoms with Crippen LogP contribution in [0.2, 0.25) is 0 Å². The second-order valence-electron chi connectivity index (χ2n) is 6.56. The van der Waals surface area contributed by atoms with Crippen molar-refractivity contribution in [1.82, 2.24) is 10.2 Å². The van der Waals surface area contributed by atoms with Crippen molar-refractivity contribution in [3.05, 3.63) is 54.5 Å². The third-order valence-electron chi connectivity index (χ3n) is 4.60. The molecule has 8 heteroatoms. The van der Waals surface area contributed by atoms with Crippen molar-refractivity contribution in [3.8, 4) is 0 Å². The minimum Gasteiger partial charge on any atom is -0.465 e. The number of benzene rings is 1. The molecule has 0 atom stereocenters. The Kier molecular flexibility index (Phi) is 7.02. The van der Waals surface area contributed by atoms with Gasteiger partial charge in [0.1, 0.15) is 5.76 Å². The van der Waals surface area contributed by atoms with E-state index in [1.165, 1.54) is 12.3 Å². The van der Waals surface area contributed by atoms with Gasteiger partial charge in [-0.25, -0.2) is 0 Å². The molecule has 152 valence electrons. The Morgan fingerprint density at radius 2 is 1.86 bits per heavy atom. The van der Waals surface area contributed by atoms with Crippen LogP contribution in [0.5, 0.6) is 0 Å². The van der Waals surface area contributed by atoms with Gasteiger partial charge in [-0.2, -0.15) is 0 Å². The van der Waals surface area contributed by atoms with E-state index in [1.807, 2.05) is 36.1 Å². The maximum Gasteiger partial charge on any atom is 0.250 e. The SMILES string of the molecule is CCC(=O)N1CCN(c2ccc(NC(=S)NC(=O)/C=C/c3ccco3)cc2)CC1. The number of hydrogen-bond acceptors (Lipinski definition) is 5. The third kappa shape index (κ3) is 5.92. The van der Waals surface area contributed by atoms with E-state index in [-0.39, 0.29) is 16.9 Å². The summed E-state index contributed by atoms with van der Waals surface area (Å²) in [4.78, 5) is 27.8. The number of amides is 2. The van der Waals surface area contributed by atoms with E-state index >= 15 is 0 Å². The van der Waals surface area contributed by atoms with Gasteiger partial charge in [-0.1, -0.05) is 6.92 Å². The van der Waals surface area contributed by atoms with Crippen LogP contribution in [0.3, 0.4) is 0 Å². The minimum absolute atomic E-state index is 0.207. The predicted octanol–water partition coefficient (Wildman–Crippen LogP) is 2.86. The molecule has 3 rings (SSSR count). The van der Waals surface area contributed by atoms with E-state index in [4.69, 9.17) is 16.6 Å². The summed E-state index contributed by atoms with van der Waals surface area (Å²) in [6.45, 7) is 5.01. The van der Waals surface area contributed by atoms with Gasteiger partial charge < -0.3 is 19.5 Å². The number of nitrogens with one attached hydrogen (secondary N) is 2. The molecule has 0 radical (unpaired) electrons. The van der Waals surface area contributed by atoms with Gasteiger partial charge in [0, 0.05) is 50.1 Å². The first kappa shape index (κ1) is 20.6. The Hall–Kier alpha value is -3.13. The summed E-state index contributed by atoms with van der Waals surface area (Å²) in [5, 5.41) is 5.81. The predicted molar refractivity (Wildman–Crippen MR) is 118 cm³/mol. The van der Waals surface area contributed by atoms with Crippen LogP contribution in [-0.4, -0.2) is 48.0 Å². The van der Waals surface area contributed by atoms with Gasteiger partial charge in [0.15, 0.2) is 5.11 Å². The van der Waals surface area contributed by atoms with Crippen LogP contribution in [0.4, 0.5) is 11.4 Å². The summed E-state index contributed by atoms with van der Waals surface area (Å²) in [6, 6.07) is 11.3. The van der Waals surface area contributed by atoms with Crippen molar-refractivity contribution in [2.75, 3.05) is 36.4 Å². The summed E-state index contributed by atoms with van der Waals surface area (Å²) in [6.07, 6.45) is 5.02.